The summed E-state index contributed by atoms with van der Waals surface area (Å²) in [7, 11) is 0. The van der Waals surface area contributed by atoms with Crippen LogP contribution in [0.3, 0.4) is 0 Å². The van der Waals surface area contributed by atoms with Crippen LogP contribution in [-0.2, 0) is 0 Å². The van der Waals surface area contributed by atoms with Crippen molar-refractivity contribution in [1.82, 2.24) is 0 Å². The lowest BCUT2D eigenvalue weighted by Crippen LogP contribution is -1.72. The van der Waals surface area contributed by atoms with E-state index in [1.54, 1.807) is 34.0 Å². The van der Waals surface area contributed by atoms with Gasteiger partial charge in [0.15, 0.2) is 0 Å². The van der Waals surface area contributed by atoms with E-state index in [0.29, 0.717) is 0 Å². The highest BCUT2D eigenvalue weighted by atomic mass is 79.9. The van der Waals surface area contributed by atoms with E-state index in [0.717, 1.165) is 24.8 Å². The number of halogens is 6. The minimum atomic E-state index is 1.13. The third kappa shape index (κ3) is 2.28. The third-order valence-corrected chi connectivity index (χ3v) is 13.5. The Labute approximate surface area is 182 Å². The van der Waals surface area contributed by atoms with Gasteiger partial charge >= 0.3 is 0 Å². The second kappa shape index (κ2) is 5.76. The number of hydrogen-bond acceptors (Lipinski definition) is 3. The molecule has 0 spiro atoms. The fourth-order valence-corrected chi connectivity index (χ4v) is 10.2. The topological polar surface area (TPSA) is 0 Å². The molecule has 108 valence electrons. The molecule has 0 unspecified atom stereocenters. The van der Waals surface area contributed by atoms with Crippen LogP contribution < -0.4 is 0 Å². The zero-order chi connectivity index (χ0) is 15.0. The van der Waals surface area contributed by atoms with Gasteiger partial charge in [0.05, 0.1) is 24.8 Å². The summed E-state index contributed by atoms with van der Waals surface area (Å²) in [5.41, 5.74) is 0. The summed E-state index contributed by atoms with van der Waals surface area (Å²) < 4.78 is 10.7. The first-order valence-electron chi connectivity index (χ1n) is 5.36. The van der Waals surface area contributed by atoms with Gasteiger partial charge in [-0.3, -0.25) is 0 Å². The molecule has 0 bridgehead atoms. The molecule has 0 saturated heterocycles. The molecule has 0 radical (unpaired) electrons. The summed E-state index contributed by atoms with van der Waals surface area (Å²) in [5.74, 6) is 0. The lowest BCUT2D eigenvalue weighted by atomic mass is 10.1. The van der Waals surface area contributed by atoms with Crippen LogP contribution in [-0.4, -0.2) is 0 Å². The van der Waals surface area contributed by atoms with Crippen molar-refractivity contribution in [2.24, 2.45) is 0 Å². The summed E-state index contributed by atoms with van der Waals surface area (Å²) in [6.07, 6.45) is 0. The number of hydrogen-bond donors (Lipinski definition) is 0. The quantitative estimate of drug-likeness (QED) is 0.170. The predicted molar refractivity (Wildman–Crippen MR) is 119 cm³/mol. The van der Waals surface area contributed by atoms with E-state index < -0.39 is 0 Å². The first kappa shape index (κ1) is 16.4. The number of fused-ring (bicyclic) bond motifs is 6. The van der Waals surface area contributed by atoms with E-state index in [9.17, 15) is 0 Å². The Morgan fingerprint density at radius 2 is 0.667 bits per heavy atom. The molecule has 0 N–H and O–H groups in total. The fraction of sp³-hybridized carbons (Fsp3) is 0. The molecule has 0 amide bonds. The molecule has 3 heterocycles. The fourth-order valence-electron chi connectivity index (χ4n) is 2.29. The molecular weight excluding hydrogens is 720 g/mol. The highest BCUT2D eigenvalue weighted by molar-refractivity contribution is 9.14. The van der Waals surface area contributed by atoms with E-state index in [1.807, 2.05) is 0 Å². The van der Waals surface area contributed by atoms with E-state index >= 15 is 0 Å². The Kier molecular flexibility index (Phi) is 4.51. The van der Waals surface area contributed by atoms with Gasteiger partial charge in [-0.15, -0.1) is 34.0 Å². The van der Waals surface area contributed by atoms with Crippen LogP contribution in [0.2, 0.25) is 0 Å². The average molecular weight is 720 g/mol. The van der Waals surface area contributed by atoms with E-state index in [2.05, 4.69) is 95.6 Å². The summed E-state index contributed by atoms with van der Waals surface area (Å²) in [5, 5.41) is 3.82. The van der Waals surface area contributed by atoms with Crippen LogP contribution in [0.15, 0.2) is 24.8 Å². The van der Waals surface area contributed by atoms with Crippen LogP contribution in [0.1, 0.15) is 0 Å². The van der Waals surface area contributed by atoms with Crippen molar-refractivity contribution in [2.45, 2.75) is 0 Å². The van der Waals surface area contributed by atoms with Crippen LogP contribution in [0.5, 0.6) is 0 Å². The van der Waals surface area contributed by atoms with Crippen molar-refractivity contribution in [1.29, 1.82) is 0 Å². The maximum absolute atomic E-state index is 3.74. The van der Waals surface area contributed by atoms with Crippen LogP contribution in [0, 0.1) is 0 Å². The number of benzene rings is 1. The van der Waals surface area contributed by atoms with Gasteiger partial charge in [0.25, 0.3) is 0 Å². The normalized spacial score (nSPS) is 12.3. The maximum Gasteiger partial charge on any atom is 0.0853 e. The zero-order valence-corrected chi connectivity index (χ0v) is 21.5. The minimum Gasteiger partial charge on any atom is -0.126 e. The van der Waals surface area contributed by atoms with Gasteiger partial charge in [0.1, 0.15) is 0 Å². The van der Waals surface area contributed by atoms with Crippen molar-refractivity contribution in [3.05, 3.63) is 24.8 Å². The molecule has 0 fully saturated rings. The Balaban J connectivity index is 2.49. The Morgan fingerprint density at radius 3 is 0.905 bits per heavy atom. The summed E-state index contributed by atoms with van der Waals surface area (Å²) in [6, 6.07) is 0. The molecule has 4 rings (SSSR count). The van der Waals surface area contributed by atoms with Crippen LogP contribution >= 0.6 is 130 Å². The van der Waals surface area contributed by atoms with Crippen molar-refractivity contribution in [3.63, 3.8) is 0 Å². The molecule has 4 aromatic rings. The zero-order valence-electron chi connectivity index (χ0n) is 9.49. The van der Waals surface area contributed by atoms with Crippen molar-refractivity contribution < 1.29 is 0 Å². The smallest absolute Gasteiger partial charge is 0.0853 e. The molecule has 1 aromatic carbocycles. The Morgan fingerprint density at radius 1 is 0.429 bits per heavy atom. The van der Waals surface area contributed by atoms with Crippen molar-refractivity contribution in [2.75, 3.05) is 0 Å². The van der Waals surface area contributed by atoms with Gasteiger partial charge < -0.3 is 0 Å². The van der Waals surface area contributed by atoms with Crippen molar-refractivity contribution in [3.8, 4) is 0 Å². The van der Waals surface area contributed by atoms with Gasteiger partial charge in [-0.05, 0) is 95.6 Å². The van der Waals surface area contributed by atoms with E-state index in [1.165, 1.54) is 30.3 Å². The minimum absolute atomic E-state index is 1.13. The van der Waals surface area contributed by atoms with E-state index in [-0.39, 0.29) is 0 Å². The second-order valence-corrected chi connectivity index (χ2v) is 13.6. The molecule has 21 heavy (non-hydrogen) atoms. The lowest BCUT2D eigenvalue weighted by Gasteiger charge is -2.00. The van der Waals surface area contributed by atoms with Gasteiger partial charge in [0.2, 0.25) is 0 Å². The Bertz CT molecular complexity index is 890. The first-order valence-corrected chi connectivity index (χ1v) is 12.6. The second-order valence-electron chi connectivity index (χ2n) is 4.18. The molecule has 0 aliphatic rings. The first-order chi connectivity index (χ1) is 9.91. The Hall–Kier alpha value is 1.98. The standard InChI is InChI=1S/C12Br6S3/c13-4-1-7(19-10(4)16)3-6(15)12(18)21-9(3)2-5(14)11(17)20-8(1)2. The molecule has 0 atom stereocenters. The molecular formula is C12Br6S3. The van der Waals surface area contributed by atoms with Gasteiger partial charge in [-0.25, -0.2) is 0 Å². The third-order valence-electron chi connectivity index (χ3n) is 3.11. The van der Waals surface area contributed by atoms with Crippen LogP contribution in [0.25, 0.3) is 30.3 Å². The SMILES string of the molecule is Brc1sc2c(c1Br)c1sc(Br)c(Br)c1c1sc(Br)c(Br)c21. The molecule has 0 saturated carbocycles. The van der Waals surface area contributed by atoms with Crippen LogP contribution in [0.4, 0.5) is 0 Å². The maximum atomic E-state index is 3.74. The number of thiophene rings is 3. The molecule has 0 aliphatic heterocycles. The molecule has 3 aromatic heterocycles. The average Bonchev–Trinajstić information content (AvgIpc) is 2.99. The number of rotatable bonds is 0. The highest BCUT2D eigenvalue weighted by Gasteiger charge is 2.24. The molecule has 0 aliphatic carbocycles. The summed E-state index contributed by atoms with van der Waals surface area (Å²) in [4.78, 5) is 0. The van der Waals surface area contributed by atoms with Crippen molar-refractivity contribution >= 4 is 160 Å². The van der Waals surface area contributed by atoms with Gasteiger partial charge in [-0.1, -0.05) is 0 Å². The largest absolute Gasteiger partial charge is 0.126 e. The summed E-state index contributed by atoms with van der Waals surface area (Å²) >= 11 is 27.5. The van der Waals surface area contributed by atoms with Gasteiger partial charge in [-0.2, -0.15) is 0 Å². The van der Waals surface area contributed by atoms with Gasteiger partial charge in [0, 0.05) is 30.3 Å². The monoisotopic (exact) mass is 713 g/mol. The highest BCUT2D eigenvalue weighted by Crippen LogP contribution is 2.56. The van der Waals surface area contributed by atoms with E-state index in [4.69, 9.17) is 0 Å². The lowest BCUT2D eigenvalue weighted by molar-refractivity contribution is 1.92. The molecule has 9 heteroatoms. The summed E-state index contributed by atoms with van der Waals surface area (Å²) in [6.45, 7) is 0. The predicted octanol–water partition coefficient (Wildman–Crippen LogP) is 9.91. The molecule has 0 nitrogen and oxygen atoms in total.